The molecule has 3 rings (SSSR count). The van der Waals surface area contributed by atoms with Gasteiger partial charge in [0.25, 0.3) is 0 Å². The Morgan fingerprint density at radius 3 is 2.71 bits per heavy atom. The van der Waals surface area contributed by atoms with Gasteiger partial charge in [0.15, 0.2) is 0 Å². The molecule has 0 saturated heterocycles. The van der Waals surface area contributed by atoms with Crippen molar-refractivity contribution in [2.45, 2.75) is 18.8 Å². The summed E-state index contributed by atoms with van der Waals surface area (Å²) < 4.78 is 0.921. The molecule has 2 aromatic rings. The van der Waals surface area contributed by atoms with Gasteiger partial charge in [-0.3, -0.25) is 0 Å². The molecule has 0 radical (unpaired) electrons. The van der Waals surface area contributed by atoms with Crippen LogP contribution in [0.3, 0.4) is 0 Å². The summed E-state index contributed by atoms with van der Waals surface area (Å²) in [6.45, 7) is 0. The molecule has 0 spiro atoms. The van der Waals surface area contributed by atoms with Crippen molar-refractivity contribution in [3.8, 4) is 0 Å². The minimum atomic E-state index is 0.607. The Kier molecular flexibility index (Phi) is 1.80. The lowest BCUT2D eigenvalue weighted by Crippen LogP contribution is -1.93. The van der Waals surface area contributed by atoms with Crippen LogP contribution in [0, 0.1) is 0 Å². The van der Waals surface area contributed by atoms with Crippen molar-refractivity contribution < 1.29 is 0 Å². The fourth-order valence-electron chi connectivity index (χ4n) is 1.58. The van der Waals surface area contributed by atoms with Gasteiger partial charge < -0.3 is 0 Å². The van der Waals surface area contributed by atoms with Crippen molar-refractivity contribution in [1.29, 1.82) is 0 Å². The Morgan fingerprint density at radius 2 is 1.93 bits per heavy atom. The largest absolute Gasteiger partial charge is 0.233 e. The fraction of sp³-hybridized carbons (Fsp3) is 0.273. The molecule has 1 aliphatic carbocycles. The first-order valence-electron chi connectivity index (χ1n) is 4.77. The number of halogens is 1. The van der Waals surface area contributed by atoms with Gasteiger partial charge in [0.05, 0.1) is 5.52 Å². The summed E-state index contributed by atoms with van der Waals surface area (Å²) in [5.74, 6) is 1.60. The van der Waals surface area contributed by atoms with Gasteiger partial charge in [-0.25, -0.2) is 9.97 Å². The molecule has 1 saturated carbocycles. The smallest absolute Gasteiger partial charge is 0.133 e. The summed E-state index contributed by atoms with van der Waals surface area (Å²) in [6.07, 6.45) is 2.48. The van der Waals surface area contributed by atoms with Crippen LogP contribution in [0.25, 0.3) is 10.9 Å². The van der Waals surface area contributed by atoms with Crippen molar-refractivity contribution in [3.63, 3.8) is 0 Å². The molecule has 0 atom stereocenters. The van der Waals surface area contributed by atoms with Gasteiger partial charge in [-0.15, -0.1) is 0 Å². The summed E-state index contributed by atoms with van der Waals surface area (Å²) in [7, 11) is 0. The Bertz CT molecular complexity index is 492. The lowest BCUT2D eigenvalue weighted by atomic mass is 10.2. The summed E-state index contributed by atoms with van der Waals surface area (Å²) in [4.78, 5) is 9.03. The predicted octanol–water partition coefficient (Wildman–Crippen LogP) is 3.27. The maximum absolute atomic E-state index is 4.56. The molecule has 1 heterocycles. The van der Waals surface area contributed by atoms with Crippen molar-refractivity contribution in [2.24, 2.45) is 0 Å². The van der Waals surface area contributed by atoms with Crippen LogP contribution in [0.2, 0.25) is 0 Å². The number of fused-ring (bicyclic) bond motifs is 1. The van der Waals surface area contributed by atoms with E-state index in [1.807, 2.05) is 24.3 Å². The lowest BCUT2D eigenvalue weighted by molar-refractivity contribution is 0.938. The lowest BCUT2D eigenvalue weighted by Gasteiger charge is -2.02. The maximum atomic E-state index is 4.56. The van der Waals surface area contributed by atoms with E-state index >= 15 is 0 Å². The minimum absolute atomic E-state index is 0.607. The van der Waals surface area contributed by atoms with Crippen molar-refractivity contribution in [1.82, 2.24) is 9.97 Å². The number of para-hydroxylation sites is 1. The molecule has 1 fully saturated rings. The Hall–Kier alpha value is -0.960. The van der Waals surface area contributed by atoms with E-state index in [4.69, 9.17) is 0 Å². The minimum Gasteiger partial charge on any atom is -0.233 e. The fourth-order valence-corrected chi connectivity index (χ4v) is 2.10. The topological polar surface area (TPSA) is 25.8 Å². The summed E-state index contributed by atoms with van der Waals surface area (Å²) in [6, 6.07) is 8.09. The molecule has 2 nitrogen and oxygen atoms in total. The van der Waals surface area contributed by atoms with Crippen molar-refractivity contribution in [2.75, 3.05) is 0 Å². The van der Waals surface area contributed by atoms with E-state index in [1.165, 1.54) is 12.8 Å². The second-order valence-electron chi connectivity index (χ2n) is 3.66. The van der Waals surface area contributed by atoms with Gasteiger partial charge >= 0.3 is 0 Å². The van der Waals surface area contributed by atoms with Crippen LogP contribution in [0.5, 0.6) is 0 Å². The van der Waals surface area contributed by atoms with Gasteiger partial charge in [0.2, 0.25) is 0 Å². The molecular formula is C11H9BrN2. The molecular weight excluding hydrogens is 240 g/mol. The number of benzene rings is 1. The SMILES string of the molecule is Brc1nc(C2CC2)nc2ccccc12. The van der Waals surface area contributed by atoms with Crippen LogP contribution in [0.4, 0.5) is 0 Å². The van der Waals surface area contributed by atoms with E-state index in [9.17, 15) is 0 Å². The molecule has 0 bridgehead atoms. The highest BCUT2D eigenvalue weighted by Crippen LogP contribution is 2.39. The zero-order valence-corrected chi connectivity index (χ0v) is 9.16. The first kappa shape index (κ1) is 8.36. The number of hydrogen-bond donors (Lipinski definition) is 0. The summed E-state index contributed by atoms with van der Waals surface area (Å²) >= 11 is 3.49. The summed E-state index contributed by atoms with van der Waals surface area (Å²) in [5.41, 5.74) is 1.04. The highest BCUT2D eigenvalue weighted by Gasteiger charge is 2.27. The maximum Gasteiger partial charge on any atom is 0.133 e. The average Bonchev–Trinajstić information content (AvgIpc) is 3.01. The number of rotatable bonds is 1. The third-order valence-electron chi connectivity index (χ3n) is 2.52. The molecule has 0 aliphatic heterocycles. The van der Waals surface area contributed by atoms with Crippen molar-refractivity contribution in [3.05, 3.63) is 34.7 Å². The van der Waals surface area contributed by atoms with E-state index < -0.39 is 0 Å². The van der Waals surface area contributed by atoms with E-state index in [-0.39, 0.29) is 0 Å². The monoisotopic (exact) mass is 248 g/mol. The molecule has 14 heavy (non-hydrogen) atoms. The number of nitrogens with zero attached hydrogens (tertiary/aromatic N) is 2. The zero-order chi connectivity index (χ0) is 9.54. The Balaban J connectivity index is 2.27. The van der Waals surface area contributed by atoms with Crippen LogP contribution in [0.15, 0.2) is 28.9 Å². The first-order valence-corrected chi connectivity index (χ1v) is 5.56. The van der Waals surface area contributed by atoms with Crippen LogP contribution in [-0.2, 0) is 0 Å². The normalized spacial score (nSPS) is 16.1. The molecule has 0 amide bonds. The Labute approximate surface area is 90.5 Å². The van der Waals surface area contributed by atoms with Crippen molar-refractivity contribution >= 4 is 26.8 Å². The van der Waals surface area contributed by atoms with Gasteiger partial charge in [-0.2, -0.15) is 0 Å². The van der Waals surface area contributed by atoms with Gasteiger partial charge in [0, 0.05) is 11.3 Å². The van der Waals surface area contributed by atoms with Crippen LogP contribution in [0.1, 0.15) is 24.6 Å². The van der Waals surface area contributed by atoms with Gasteiger partial charge in [-0.05, 0) is 34.8 Å². The highest BCUT2D eigenvalue weighted by molar-refractivity contribution is 9.10. The third kappa shape index (κ3) is 1.32. The molecule has 70 valence electrons. The van der Waals surface area contributed by atoms with Crippen LogP contribution in [-0.4, -0.2) is 9.97 Å². The van der Waals surface area contributed by atoms with Crippen LogP contribution >= 0.6 is 15.9 Å². The van der Waals surface area contributed by atoms with E-state index in [0.29, 0.717) is 5.92 Å². The van der Waals surface area contributed by atoms with Gasteiger partial charge in [0.1, 0.15) is 10.4 Å². The van der Waals surface area contributed by atoms with Crippen LogP contribution < -0.4 is 0 Å². The predicted molar refractivity (Wildman–Crippen MR) is 59.2 cm³/mol. The molecule has 0 unspecified atom stereocenters. The van der Waals surface area contributed by atoms with E-state index in [1.54, 1.807) is 0 Å². The molecule has 1 aromatic heterocycles. The average molecular weight is 249 g/mol. The third-order valence-corrected chi connectivity index (χ3v) is 3.12. The number of aromatic nitrogens is 2. The second kappa shape index (κ2) is 3.02. The highest BCUT2D eigenvalue weighted by atomic mass is 79.9. The number of hydrogen-bond acceptors (Lipinski definition) is 2. The molecule has 3 heteroatoms. The second-order valence-corrected chi connectivity index (χ2v) is 4.42. The zero-order valence-electron chi connectivity index (χ0n) is 7.57. The van der Waals surface area contributed by atoms with Gasteiger partial charge in [-0.1, -0.05) is 18.2 Å². The summed E-state index contributed by atoms with van der Waals surface area (Å²) in [5, 5.41) is 1.09. The van der Waals surface area contributed by atoms with E-state index in [2.05, 4.69) is 25.9 Å². The molecule has 0 N–H and O–H groups in total. The molecule has 1 aromatic carbocycles. The van der Waals surface area contributed by atoms with E-state index in [0.717, 1.165) is 21.3 Å². The standard InChI is InChI=1S/C11H9BrN2/c12-10-8-3-1-2-4-9(8)13-11(14-10)7-5-6-7/h1-4,7H,5-6H2. The Morgan fingerprint density at radius 1 is 1.14 bits per heavy atom. The quantitative estimate of drug-likeness (QED) is 0.725. The molecule has 1 aliphatic rings. The first-order chi connectivity index (χ1) is 6.84.